The number of rotatable bonds is 3. The van der Waals surface area contributed by atoms with Crippen LogP contribution < -0.4 is 0 Å². The van der Waals surface area contributed by atoms with Gasteiger partial charge in [0.1, 0.15) is 8.07 Å². The van der Waals surface area contributed by atoms with Crippen LogP contribution in [0.4, 0.5) is 0 Å². The van der Waals surface area contributed by atoms with Crippen LogP contribution in [0.2, 0.25) is 16.6 Å². The van der Waals surface area contributed by atoms with Crippen LogP contribution >= 0.6 is 0 Å². The predicted molar refractivity (Wildman–Crippen MR) is 98.6 cm³/mol. The molecular formula is C19H28N2Si. The van der Waals surface area contributed by atoms with Crippen molar-refractivity contribution in [2.75, 3.05) is 0 Å². The molecule has 118 valence electrons. The standard InChI is InChI=1S/C19H28N2Si/c1-14(2)22(15(3)4,16(5)6)13-12-19-20-17-10-8-9-11-18(17)21(19)7/h8-11,14-16H,1-7H3. The second-order valence-corrected chi connectivity index (χ2v) is 12.7. The Hall–Kier alpha value is -1.53. The normalized spacial score (nSPS) is 12.3. The SMILES string of the molecule is CC(C)[Si](C#Cc1nc2ccccc2n1C)(C(C)C)C(C)C. The van der Waals surface area contributed by atoms with E-state index in [0.29, 0.717) is 16.6 Å². The second kappa shape index (κ2) is 6.30. The molecule has 0 saturated heterocycles. The minimum atomic E-state index is -1.70. The number of aromatic nitrogens is 2. The molecule has 0 saturated carbocycles. The molecule has 0 fully saturated rings. The lowest BCUT2D eigenvalue weighted by molar-refractivity contribution is 0.838. The molecule has 0 aliphatic heterocycles. The molecule has 1 heterocycles. The van der Waals surface area contributed by atoms with Gasteiger partial charge in [0.2, 0.25) is 0 Å². The highest BCUT2D eigenvalue weighted by molar-refractivity contribution is 6.90. The first-order valence-electron chi connectivity index (χ1n) is 8.25. The number of hydrogen-bond acceptors (Lipinski definition) is 1. The highest BCUT2D eigenvalue weighted by atomic mass is 28.3. The summed E-state index contributed by atoms with van der Waals surface area (Å²) in [6, 6.07) is 8.24. The summed E-state index contributed by atoms with van der Waals surface area (Å²) < 4.78 is 2.11. The van der Waals surface area contributed by atoms with E-state index in [2.05, 4.69) is 82.8 Å². The van der Waals surface area contributed by atoms with E-state index in [1.807, 2.05) is 6.07 Å². The van der Waals surface area contributed by atoms with E-state index < -0.39 is 8.07 Å². The smallest absolute Gasteiger partial charge is 0.185 e. The molecule has 22 heavy (non-hydrogen) atoms. The van der Waals surface area contributed by atoms with E-state index in [4.69, 9.17) is 4.98 Å². The topological polar surface area (TPSA) is 17.8 Å². The van der Waals surface area contributed by atoms with Gasteiger partial charge in [-0.1, -0.05) is 53.7 Å². The van der Waals surface area contributed by atoms with E-state index in [1.54, 1.807) is 0 Å². The molecule has 3 heteroatoms. The van der Waals surface area contributed by atoms with E-state index in [1.165, 1.54) is 0 Å². The third-order valence-corrected chi connectivity index (χ3v) is 11.3. The second-order valence-electron chi connectivity index (χ2n) is 7.13. The fourth-order valence-electron chi connectivity index (χ4n) is 3.85. The van der Waals surface area contributed by atoms with Crippen LogP contribution in [0.15, 0.2) is 24.3 Å². The summed E-state index contributed by atoms with van der Waals surface area (Å²) >= 11 is 0. The Morgan fingerprint density at radius 1 is 0.955 bits per heavy atom. The zero-order valence-electron chi connectivity index (χ0n) is 14.9. The Balaban J connectivity index is 2.55. The van der Waals surface area contributed by atoms with Crippen LogP contribution in [0.3, 0.4) is 0 Å². The van der Waals surface area contributed by atoms with Gasteiger partial charge in [-0.3, -0.25) is 0 Å². The monoisotopic (exact) mass is 312 g/mol. The number of aryl methyl sites for hydroxylation is 1. The van der Waals surface area contributed by atoms with Crippen LogP contribution in [0.1, 0.15) is 47.4 Å². The van der Waals surface area contributed by atoms with Crippen molar-refractivity contribution in [3.05, 3.63) is 30.1 Å². The molecule has 1 aromatic heterocycles. The average Bonchev–Trinajstić information content (AvgIpc) is 2.76. The molecule has 0 bridgehead atoms. The zero-order valence-corrected chi connectivity index (χ0v) is 15.9. The molecule has 0 atom stereocenters. The van der Waals surface area contributed by atoms with Crippen LogP contribution in [0, 0.1) is 11.5 Å². The van der Waals surface area contributed by atoms with Gasteiger partial charge < -0.3 is 4.57 Å². The quantitative estimate of drug-likeness (QED) is 0.566. The number of nitrogens with zero attached hydrogens (tertiary/aromatic N) is 2. The summed E-state index contributed by atoms with van der Waals surface area (Å²) in [5, 5.41) is 0. The Bertz CT molecular complexity index is 692. The van der Waals surface area contributed by atoms with E-state index in [0.717, 1.165) is 16.9 Å². The maximum Gasteiger partial charge on any atom is 0.185 e. The minimum absolute atomic E-state index is 0.648. The van der Waals surface area contributed by atoms with Crippen molar-refractivity contribution >= 4 is 19.1 Å². The molecule has 2 nitrogen and oxygen atoms in total. The predicted octanol–water partition coefficient (Wildman–Crippen LogP) is 5.14. The van der Waals surface area contributed by atoms with Gasteiger partial charge >= 0.3 is 0 Å². The van der Waals surface area contributed by atoms with Gasteiger partial charge in [-0.05, 0) is 34.7 Å². The Morgan fingerprint density at radius 2 is 1.50 bits per heavy atom. The van der Waals surface area contributed by atoms with Crippen LogP contribution in [0.25, 0.3) is 11.0 Å². The molecule has 0 spiro atoms. The highest BCUT2D eigenvalue weighted by Gasteiger charge is 2.41. The largest absolute Gasteiger partial charge is 0.320 e. The molecule has 1 aromatic carbocycles. The van der Waals surface area contributed by atoms with E-state index >= 15 is 0 Å². The van der Waals surface area contributed by atoms with Gasteiger partial charge in [-0.15, -0.1) is 5.54 Å². The van der Waals surface area contributed by atoms with Gasteiger partial charge in [-0.2, -0.15) is 0 Å². The van der Waals surface area contributed by atoms with Gasteiger partial charge in [0, 0.05) is 7.05 Å². The molecule has 0 radical (unpaired) electrons. The van der Waals surface area contributed by atoms with Crippen molar-refractivity contribution in [3.8, 4) is 11.5 Å². The first-order chi connectivity index (χ1) is 10.3. The first-order valence-corrected chi connectivity index (χ1v) is 10.5. The van der Waals surface area contributed by atoms with Crippen molar-refractivity contribution in [1.82, 2.24) is 9.55 Å². The van der Waals surface area contributed by atoms with Gasteiger partial charge in [-0.25, -0.2) is 4.98 Å². The molecule has 2 rings (SSSR count). The summed E-state index contributed by atoms with van der Waals surface area (Å²) in [5.74, 6) is 4.34. The number of hydrogen-bond donors (Lipinski definition) is 0. The summed E-state index contributed by atoms with van der Waals surface area (Å²) in [7, 11) is 0.362. The summed E-state index contributed by atoms with van der Waals surface area (Å²) in [6.45, 7) is 14.1. The first kappa shape index (κ1) is 16.8. The summed E-state index contributed by atoms with van der Waals surface area (Å²) in [5.41, 5.74) is 7.88. The molecule has 0 aliphatic carbocycles. The van der Waals surface area contributed by atoms with Crippen molar-refractivity contribution in [2.24, 2.45) is 7.05 Å². The summed E-state index contributed by atoms with van der Waals surface area (Å²) in [4.78, 5) is 4.70. The molecule has 2 aromatic rings. The van der Waals surface area contributed by atoms with Crippen LogP contribution in [-0.2, 0) is 7.05 Å². The van der Waals surface area contributed by atoms with E-state index in [9.17, 15) is 0 Å². The van der Waals surface area contributed by atoms with Crippen molar-refractivity contribution < 1.29 is 0 Å². The van der Waals surface area contributed by atoms with Gasteiger partial charge in [0.15, 0.2) is 5.82 Å². The maximum atomic E-state index is 4.70. The Labute approximate surface area is 136 Å². The lowest BCUT2D eigenvalue weighted by atomic mass is 10.3. The maximum absolute atomic E-state index is 4.70. The number of benzene rings is 1. The number of para-hydroxylation sites is 2. The molecule has 0 N–H and O–H groups in total. The molecule has 0 amide bonds. The Morgan fingerprint density at radius 3 is 2.00 bits per heavy atom. The lowest BCUT2D eigenvalue weighted by Gasteiger charge is -2.37. The number of fused-ring (bicyclic) bond motifs is 1. The molecule has 0 unspecified atom stereocenters. The van der Waals surface area contributed by atoms with Gasteiger partial charge in [0.25, 0.3) is 0 Å². The van der Waals surface area contributed by atoms with Crippen molar-refractivity contribution in [2.45, 2.75) is 58.2 Å². The van der Waals surface area contributed by atoms with Crippen molar-refractivity contribution in [1.29, 1.82) is 0 Å². The van der Waals surface area contributed by atoms with Gasteiger partial charge in [0.05, 0.1) is 11.0 Å². The lowest BCUT2D eigenvalue weighted by Crippen LogP contribution is -2.43. The number of imidazole rings is 1. The van der Waals surface area contributed by atoms with Crippen LogP contribution in [-0.4, -0.2) is 17.6 Å². The van der Waals surface area contributed by atoms with Crippen LogP contribution in [0.5, 0.6) is 0 Å². The summed E-state index contributed by atoms with van der Waals surface area (Å²) in [6.07, 6.45) is 0. The zero-order chi connectivity index (χ0) is 16.5. The minimum Gasteiger partial charge on any atom is -0.320 e. The highest BCUT2D eigenvalue weighted by Crippen LogP contribution is 2.40. The third-order valence-electron chi connectivity index (χ3n) is 5.04. The van der Waals surface area contributed by atoms with E-state index in [-0.39, 0.29) is 0 Å². The van der Waals surface area contributed by atoms with Crippen molar-refractivity contribution in [3.63, 3.8) is 0 Å². The molecular weight excluding hydrogens is 284 g/mol. The molecule has 0 aliphatic rings. The fourth-order valence-corrected chi connectivity index (χ4v) is 9.05. The average molecular weight is 313 g/mol. The Kier molecular flexibility index (Phi) is 4.82. The third kappa shape index (κ3) is 2.73. The fraction of sp³-hybridized carbons (Fsp3) is 0.526.